The minimum absolute atomic E-state index is 0.0169. The van der Waals surface area contributed by atoms with E-state index in [1.165, 1.54) is 18.2 Å². The van der Waals surface area contributed by atoms with Gasteiger partial charge in [-0.05, 0) is 18.6 Å². The molecule has 0 heterocycles. The van der Waals surface area contributed by atoms with E-state index in [9.17, 15) is 18.0 Å². The Morgan fingerprint density at radius 2 is 2.11 bits per heavy atom. The average molecular weight is 277 g/mol. The highest BCUT2D eigenvalue weighted by Crippen LogP contribution is 2.26. The second-order valence-electron chi connectivity index (χ2n) is 3.96. The number of anilines is 1. The van der Waals surface area contributed by atoms with Gasteiger partial charge in [0, 0.05) is 31.8 Å². The lowest BCUT2D eigenvalue weighted by Crippen LogP contribution is -2.20. The molecule has 0 fully saturated rings. The Morgan fingerprint density at radius 1 is 1.42 bits per heavy atom. The van der Waals surface area contributed by atoms with E-state index in [4.69, 9.17) is 5.11 Å². The molecule has 0 unspecified atom stereocenters. The van der Waals surface area contributed by atoms with Crippen molar-refractivity contribution in [3.63, 3.8) is 0 Å². The Hall–Kier alpha value is -1.92. The molecule has 0 saturated carbocycles. The fourth-order valence-corrected chi connectivity index (χ4v) is 1.51. The number of carboxylic acid groups (broad SMARTS) is 1. The van der Waals surface area contributed by atoms with Gasteiger partial charge in [0.25, 0.3) is 0 Å². The molecule has 106 valence electrons. The highest BCUT2D eigenvalue weighted by atomic mass is 19.4. The number of nitrogens with zero attached hydrogens (tertiary/aromatic N) is 1. The van der Waals surface area contributed by atoms with E-state index in [0.717, 1.165) is 0 Å². The lowest BCUT2D eigenvalue weighted by Gasteiger charge is -2.19. The molecule has 1 aromatic rings. The number of halogens is 3. The van der Waals surface area contributed by atoms with Crippen LogP contribution in [0.3, 0.4) is 0 Å². The van der Waals surface area contributed by atoms with Crippen molar-refractivity contribution >= 4 is 11.7 Å². The molecule has 0 amide bonds. The highest BCUT2D eigenvalue weighted by Gasteiger charge is 2.31. The maximum Gasteiger partial charge on any atom is 0.573 e. The van der Waals surface area contributed by atoms with E-state index in [-0.39, 0.29) is 12.2 Å². The molecular weight excluding hydrogens is 263 g/mol. The Bertz CT molecular complexity index is 434. The quantitative estimate of drug-likeness (QED) is 0.868. The van der Waals surface area contributed by atoms with Crippen molar-refractivity contribution in [2.24, 2.45) is 0 Å². The summed E-state index contributed by atoms with van der Waals surface area (Å²) >= 11 is 0. The number of hydrogen-bond acceptors (Lipinski definition) is 3. The summed E-state index contributed by atoms with van der Waals surface area (Å²) in [5.41, 5.74) is 0.534. The lowest BCUT2D eigenvalue weighted by molar-refractivity contribution is -0.274. The molecule has 19 heavy (non-hydrogen) atoms. The van der Waals surface area contributed by atoms with Crippen molar-refractivity contribution in [2.75, 3.05) is 18.5 Å². The van der Waals surface area contributed by atoms with E-state index in [1.54, 1.807) is 18.0 Å². The van der Waals surface area contributed by atoms with E-state index < -0.39 is 12.3 Å². The summed E-state index contributed by atoms with van der Waals surface area (Å²) in [7, 11) is 1.68. The zero-order valence-electron chi connectivity index (χ0n) is 10.3. The number of aliphatic carboxylic acids is 1. The second kappa shape index (κ2) is 6.31. The number of alkyl halides is 3. The number of ether oxygens (including phenoxy) is 1. The van der Waals surface area contributed by atoms with Crippen LogP contribution in [0, 0.1) is 0 Å². The Labute approximate surface area is 108 Å². The standard InChI is InChI=1S/C12H14F3NO3/c1-16(7-3-6-11(17)18)9-4-2-5-10(8-9)19-12(13,14)15/h2,4-5,8H,3,6-7H2,1H3,(H,17,18). The minimum atomic E-state index is -4.72. The predicted octanol–water partition coefficient (Wildman–Crippen LogP) is 2.89. The molecule has 1 N–H and O–H groups in total. The second-order valence-corrected chi connectivity index (χ2v) is 3.96. The predicted molar refractivity (Wildman–Crippen MR) is 63.3 cm³/mol. The summed E-state index contributed by atoms with van der Waals surface area (Å²) in [6, 6.07) is 5.55. The third-order valence-corrected chi connectivity index (χ3v) is 2.38. The highest BCUT2D eigenvalue weighted by molar-refractivity contribution is 5.66. The summed E-state index contributed by atoms with van der Waals surface area (Å²) in [5.74, 6) is -1.20. The molecule has 0 bridgehead atoms. The van der Waals surface area contributed by atoms with Crippen LogP contribution in [0.4, 0.5) is 18.9 Å². The van der Waals surface area contributed by atoms with E-state index in [0.29, 0.717) is 18.7 Å². The smallest absolute Gasteiger partial charge is 0.481 e. The number of carboxylic acids is 1. The Balaban J connectivity index is 2.62. The van der Waals surface area contributed by atoms with Crippen LogP contribution in [0.5, 0.6) is 5.75 Å². The number of carbonyl (C=O) groups is 1. The first kappa shape index (κ1) is 15.1. The maximum atomic E-state index is 12.1. The fraction of sp³-hybridized carbons (Fsp3) is 0.417. The molecule has 0 saturated heterocycles. The molecule has 0 aromatic heterocycles. The monoisotopic (exact) mass is 277 g/mol. The first-order chi connectivity index (χ1) is 8.78. The van der Waals surface area contributed by atoms with E-state index in [1.807, 2.05) is 0 Å². The van der Waals surface area contributed by atoms with Crippen LogP contribution in [0.2, 0.25) is 0 Å². The molecular formula is C12H14F3NO3. The summed E-state index contributed by atoms with van der Waals surface area (Å²) in [6.45, 7) is 0.432. The molecule has 1 rings (SSSR count). The Morgan fingerprint density at radius 3 is 2.68 bits per heavy atom. The third-order valence-electron chi connectivity index (χ3n) is 2.38. The molecule has 0 aliphatic carbocycles. The van der Waals surface area contributed by atoms with Gasteiger partial charge in [-0.15, -0.1) is 13.2 Å². The molecule has 0 aliphatic heterocycles. The summed E-state index contributed by atoms with van der Waals surface area (Å²) in [6.07, 6.45) is -4.29. The van der Waals surface area contributed by atoms with Crippen LogP contribution in [-0.4, -0.2) is 31.0 Å². The van der Waals surface area contributed by atoms with Crippen LogP contribution in [-0.2, 0) is 4.79 Å². The van der Waals surface area contributed by atoms with Crippen LogP contribution < -0.4 is 9.64 Å². The molecule has 7 heteroatoms. The molecule has 4 nitrogen and oxygen atoms in total. The zero-order valence-corrected chi connectivity index (χ0v) is 10.3. The molecule has 0 aliphatic rings. The molecule has 0 atom stereocenters. The van der Waals surface area contributed by atoms with Crippen molar-refractivity contribution in [1.82, 2.24) is 0 Å². The SMILES string of the molecule is CN(CCCC(=O)O)c1cccc(OC(F)(F)F)c1. The normalized spacial score (nSPS) is 11.2. The van der Waals surface area contributed by atoms with Gasteiger partial charge in [0.1, 0.15) is 5.75 Å². The summed E-state index contributed by atoms with van der Waals surface area (Å²) in [5, 5.41) is 8.51. The van der Waals surface area contributed by atoms with Gasteiger partial charge in [0.2, 0.25) is 0 Å². The summed E-state index contributed by atoms with van der Waals surface area (Å²) < 4.78 is 40.0. The van der Waals surface area contributed by atoms with Gasteiger partial charge in [-0.25, -0.2) is 0 Å². The summed E-state index contributed by atoms with van der Waals surface area (Å²) in [4.78, 5) is 12.0. The average Bonchev–Trinajstić information content (AvgIpc) is 2.26. The largest absolute Gasteiger partial charge is 0.573 e. The van der Waals surface area contributed by atoms with Gasteiger partial charge in [0.15, 0.2) is 0 Å². The first-order valence-corrected chi connectivity index (χ1v) is 5.56. The number of rotatable bonds is 6. The molecule has 1 aromatic carbocycles. The van der Waals surface area contributed by atoms with Crippen LogP contribution in [0.25, 0.3) is 0 Å². The van der Waals surface area contributed by atoms with Crippen LogP contribution in [0.15, 0.2) is 24.3 Å². The van der Waals surface area contributed by atoms with Crippen LogP contribution >= 0.6 is 0 Å². The first-order valence-electron chi connectivity index (χ1n) is 5.56. The van der Waals surface area contributed by atoms with Gasteiger partial charge in [0.05, 0.1) is 0 Å². The molecule has 0 spiro atoms. The van der Waals surface area contributed by atoms with E-state index in [2.05, 4.69) is 4.74 Å². The van der Waals surface area contributed by atoms with Gasteiger partial charge in [-0.1, -0.05) is 6.07 Å². The van der Waals surface area contributed by atoms with E-state index >= 15 is 0 Å². The fourth-order valence-electron chi connectivity index (χ4n) is 1.51. The van der Waals surface area contributed by atoms with Gasteiger partial charge in [-0.3, -0.25) is 4.79 Å². The van der Waals surface area contributed by atoms with Gasteiger partial charge >= 0.3 is 12.3 Å². The van der Waals surface area contributed by atoms with Gasteiger partial charge < -0.3 is 14.7 Å². The van der Waals surface area contributed by atoms with Gasteiger partial charge in [-0.2, -0.15) is 0 Å². The minimum Gasteiger partial charge on any atom is -0.481 e. The lowest BCUT2D eigenvalue weighted by atomic mass is 10.2. The molecule has 0 radical (unpaired) electrons. The maximum absolute atomic E-state index is 12.1. The zero-order chi connectivity index (χ0) is 14.5. The van der Waals surface area contributed by atoms with Crippen molar-refractivity contribution in [3.8, 4) is 5.75 Å². The van der Waals surface area contributed by atoms with Crippen molar-refractivity contribution in [1.29, 1.82) is 0 Å². The van der Waals surface area contributed by atoms with Crippen molar-refractivity contribution < 1.29 is 27.8 Å². The number of hydrogen-bond donors (Lipinski definition) is 1. The Kier molecular flexibility index (Phi) is 5.02. The topological polar surface area (TPSA) is 49.8 Å². The third kappa shape index (κ3) is 5.98. The number of benzene rings is 1. The van der Waals surface area contributed by atoms with Crippen molar-refractivity contribution in [2.45, 2.75) is 19.2 Å². The van der Waals surface area contributed by atoms with Crippen molar-refractivity contribution in [3.05, 3.63) is 24.3 Å². The van der Waals surface area contributed by atoms with Crippen LogP contribution in [0.1, 0.15) is 12.8 Å².